The summed E-state index contributed by atoms with van der Waals surface area (Å²) >= 11 is 0. The number of rotatable bonds is 6. The van der Waals surface area contributed by atoms with Crippen LogP contribution in [0.2, 0.25) is 0 Å². The predicted molar refractivity (Wildman–Crippen MR) is 122 cm³/mol. The lowest BCUT2D eigenvalue weighted by Crippen LogP contribution is -2.13. The highest BCUT2D eigenvalue weighted by Crippen LogP contribution is 2.23. The number of nitrogens with zero attached hydrogens (tertiary/aromatic N) is 6. The molecule has 33 heavy (non-hydrogen) atoms. The molecule has 162 valence electrons. The van der Waals surface area contributed by atoms with Gasteiger partial charge in [0.2, 0.25) is 5.88 Å². The molecule has 0 spiro atoms. The van der Waals surface area contributed by atoms with Gasteiger partial charge in [0.05, 0.1) is 23.1 Å². The van der Waals surface area contributed by atoms with Crippen LogP contribution in [0.3, 0.4) is 0 Å². The Morgan fingerprint density at radius 3 is 2.61 bits per heavy atom. The number of imidazole rings is 1. The van der Waals surface area contributed by atoms with E-state index in [1.54, 1.807) is 64.5 Å². The first-order valence-electron chi connectivity index (χ1n) is 10.2. The zero-order valence-electron chi connectivity index (χ0n) is 17.7. The second-order valence-electron chi connectivity index (χ2n) is 7.16. The van der Waals surface area contributed by atoms with Crippen molar-refractivity contribution in [2.75, 3.05) is 5.32 Å². The minimum atomic E-state index is -0.232. The SMILES string of the molecule is Cc1c(C(=O)Nc2ccc(Oc3cc(-n4ccnc4)ncn3)cc2)cnn1-c1ccccc1. The van der Waals surface area contributed by atoms with E-state index in [-0.39, 0.29) is 5.91 Å². The first kappa shape index (κ1) is 20.1. The molecule has 0 saturated carbocycles. The Morgan fingerprint density at radius 2 is 1.85 bits per heavy atom. The number of para-hydroxylation sites is 1. The molecule has 0 aliphatic rings. The maximum atomic E-state index is 12.8. The van der Waals surface area contributed by atoms with Crippen LogP contribution in [0.5, 0.6) is 11.6 Å². The van der Waals surface area contributed by atoms with Crippen LogP contribution in [0.4, 0.5) is 5.69 Å². The molecule has 3 aromatic heterocycles. The summed E-state index contributed by atoms with van der Waals surface area (Å²) in [6, 6.07) is 18.4. The number of aromatic nitrogens is 6. The number of carbonyl (C=O) groups excluding carboxylic acids is 1. The molecular weight excluding hydrogens is 418 g/mol. The van der Waals surface area contributed by atoms with Crippen LogP contribution in [0.1, 0.15) is 16.1 Å². The van der Waals surface area contributed by atoms with Crippen LogP contribution in [-0.2, 0) is 0 Å². The van der Waals surface area contributed by atoms with Gasteiger partial charge in [0.15, 0.2) is 0 Å². The summed E-state index contributed by atoms with van der Waals surface area (Å²) in [5.41, 5.74) is 2.81. The molecule has 5 aromatic rings. The minimum Gasteiger partial charge on any atom is -0.439 e. The van der Waals surface area contributed by atoms with Gasteiger partial charge in [-0.15, -0.1) is 0 Å². The second kappa shape index (κ2) is 8.75. The highest BCUT2D eigenvalue weighted by Gasteiger charge is 2.15. The van der Waals surface area contributed by atoms with Crippen LogP contribution in [-0.4, -0.2) is 35.2 Å². The van der Waals surface area contributed by atoms with E-state index in [1.807, 2.05) is 37.3 Å². The monoisotopic (exact) mass is 437 g/mol. The normalized spacial score (nSPS) is 10.7. The van der Waals surface area contributed by atoms with Gasteiger partial charge in [0.1, 0.15) is 24.2 Å². The predicted octanol–water partition coefficient (Wildman–Crippen LogP) is 4.20. The largest absolute Gasteiger partial charge is 0.439 e. The molecule has 0 radical (unpaired) electrons. The highest BCUT2D eigenvalue weighted by atomic mass is 16.5. The Labute approximate surface area is 189 Å². The second-order valence-corrected chi connectivity index (χ2v) is 7.16. The van der Waals surface area contributed by atoms with Crippen molar-refractivity contribution in [3.05, 3.63) is 103 Å². The number of nitrogens with one attached hydrogen (secondary N) is 1. The lowest BCUT2D eigenvalue weighted by Gasteiger charge is -2.09. The number of carbonyl (C=O) groups is 1. The molecule has 0 aliphatic carbocycles. The summed E-state index contributed by atoms with van der Waals surface area (Å²) in [6.45, 7) is 1.87. The topological polar surface area (TPSA) is 99.8 Å². The number of hydrogen-bond donors (Lipinski definition) is 1. The molecule has 5 rings (SSSR count). The molecule has 0 aliphatic heterocycles. The summed E-state index contributed by atoms with van der Waals surface area (Å²) < 4.78 is 9.32. The van der Waals surface area contributed by atoms with E-state index in [2.05, 4.69) is 25.4 Å². The number of anilines is 1. The van der Waals surface area contributed by atoms with Crippen molar-refractivity contribution in [1.29, 1.82) is 0 Å². The molecule has 0 saturated heterocycles. The smallest absolute Gasteiger partial charge is 0.259 e. The third-order valence-corrected chi connectivity index (χ3v) is 4.99. The third kappa shape index (κ3) is 4.33. The summed E-state index contributed by atoms with van der Waals surface area (Å²) in [6.07, 6.45) is 8.10. The highest BCUT2D eigenvalue weighted by molar-refractivity contribution is 6.05. The van der Waals surface area contributed by atoms with Gasteiger partial charge in [-0.25, -0.2) is 19.6 Å². The van der Waals surface area contributed by atoms with Crippen molar-refractivity contribution in [3.63, 3.8) is 0 Å². The van der Waals surface area contributed by atoms with Crippen molar-refractivity contribution < 1.29 is 9.53 Å². The van der Waals surface area contributed by atoms with Crippen LogP contribution < -0.4 is 10.1 Å². The first-order chi connectivity index (χ1) is 16.2. The maximum Gasteiger partial charge on any atom is 0.259 e. The molecule has 0 bridgehead atoms. The number of amides is 1. The third-order valence-electron chi connectivity index (χ3n) is 4.99. The maximum absolute atomic E-state index is 12.8. The molecule has 0 unspecified atom stereocenters. The zero-order valence-corrected chi connectivity index (χ0v) is 17.7. The standard InChI is InChI=1S/C24H19N7O2/c1-17-21(14-28-31(17)19-5-3-2-4-6-19)24(32)29-18-7-9-20(10-8-18)33-23-13-22(26-15-27-23)30-12-11-25-16-30/h2-16H,1H3,(H,29,32). The Morgan fingerprint density at radius 1 is 1.03 bits per heavy atom. The van der Waals surface area contributed by atoms with Crippen LogP contribution in [0, 0.1) is 6.92 Å². The number of hydrogen-bond acceptors (Lipinski definition) is 6. The summed E-state index contributed by atoms with van der Waals surface area (Å²) in [4.78, 5) is 25.1. The molecule has 0 fully saturated rings. The molecule has 3 heterocycles. The Bertz CT molecular complexity index is 1380. The van der Waals surface area contributed by atoms with Crippen LogP contribution in [0.25, 0.3) is 11.5 Å². The van der Waals surface area contributed by atoms with Gasteiger partial charge in [0.25, 0.3) is 5.91 Å². The van der Waals surface area contributed by atoms with Gasteiger partial charge in [-0.1, -0.05) is 18.2 Å². The summed E-state index contributed by atoms with van der Waals surface area (Å²) in [7, 11) is 0. The van der Waals surface area contributed by atoms with Gasteiger partial charge in [-0.05, 0) is 43.3 Å². The molecule has 0 atom stereocenters. The lowest BCUT2D eigenvalue weighted by molar-refractivity contribution is 0.102. The first-order valence-corrected chi connectivity index (χ1v) is 10.2. The summed E-state index contributed by atoms with van der Waals surface area (Å²) in [5.74, 6) is 1.39. The molecule has 9 heteroatoms. The molecule has 1 amide bonds. The van der Waals surface area contributed by atoms with Gasteiger partial charge >= 0.3 is 0 Å². The Hall–Kier alpha value is -4.79. The van der Waals surface area contributed by atoms with Crippen molar-refractivity contribution in [1.82, 2.24) is 29.3 Å². The quantitative estimate of drug-likeness (QED) is 0.427. The molecule has 9 nitrogen and oxygen atoms in total. The van der Waals surface area contributed by atoms with E-state index < -0.39 is 0 Å². The van der Waals surface area contributed by atoms with E-state index in [0.29, 0.717) is 28.7 Å². The van der Waals surface area contributed by atoms with Crippen molar-refractivity contribution in [2.45, 2.75) is 6.92 Å². The van der Waals surface area contributed by atoms with Gasteiger partial charge in [0, 0.05) is 24.1 Å². The van der Waals surface area contributed by atoms with Gasteiger partial charge < -0.3 is 10.1 Å². The minimum absolute atomic E-state index is 0.232. The number of benzene rings is 2. The van der Waals surface area contributed by atoms with E-state index >= 15 is 0 Å². The fourth-order valence-corrected chi connectivity index (χ4v) is 3.31. The average molecular weight is 437 g/mol. The number of ether oxygens (including phenoxy) is 1. The zero-order chi connectivity index (χ0) is 22.6. The molecular formula is C24H19N7O2. The fraction of sp³-hybridized carbons (Fsp3) is 0.0417. The van der Waals surface area contributed by atoms with Gasteiger partial charge in [-0.2, -0.15) is 5.10 Å². The van der Waals surface area contributed by atoms with Crippen LogP contribution >= 0.6 is 0 Å². The average Bonchev–Trinajstić information content (AvgIpc) is 3.51. The van der Waals surface area contributed by atoms with E-state index in [0.717, 1.165) is 11.4 Å². The summed E-state index contributed by atoms with van der Waals surface area (Å²) in [5, 5.41) is 7.25. The van der Waals surface area contributed by atoms with Crippen LogP contribution in [0.15, 0.2) is 91.9 Å². The molecule has 1 N–H and O–H groups in total. The molecule has 2 aromatic carbocycles. The lowest BCUT2D eigenvalue weighted by atomic mass is 10.2. The van der Waals surface area contributed by atoms with Crippen molar-refractivity contribution in [3.8, 4) is 23.1 Å². The van der Waals surface area contributed by atoms with E-state index in [9.17, 15) is 4.79 Å². The Kier molecular flexibility index (Phi) is 5.34. The van der Waals surface area contributed by atoms with Crippen molar-refractivity contribution >= 4 is 11.6 Å². The van der Waals surface area contributed by atoms with E-state index in [4.69, 9.17) is 4.74 Å². The fourth-order valence-electron chi connectivity index (χ4n) is 3.31. The van der Waals surface area contributed by atoms with Gasteiger partial charge in [-0.3, -0.25) is 9.36 Å². The Balaban J connectivity index is 1.27. The van der Waals surface area contributed by atoms with E-state index in [1.165, 1.54) is 6.33 Å². The van der Waals surface area contributed by atoms with Crippen molar-refractivity contribution in [2.24, 2.45) is 0 Å².